The Morgan fingerprint density at radius 3 is 2.18 bits per heavy atom. The molecule has 2 atom stereocenters. The molecular weight excluding hydrogens is 206 g/mol. The normalized spacial score (nSPS) is 39.2. The fraction of sp³-hybridized carbons (Fsp3) is 1.00. The second-order valence-electron chi connectivity index (χ2n) is 6.57. The molecule has 0 heterocycles. The SMILES string of the molecule is CCC1CCC(CNC2CCCCC2C)CC1. The summed E-state index contributed by atoms with van der Waals surface area (Å²) in [6.45, 7) is 6.09. The van der Waals surface area contributed by atoms with E-state index in [1.807, 2.05) is 0 Å². The van der Waals surface area contributed by atoms with Crippen LogP contribution in [0.4, 0.5) is 0 Å². The zero-order chi connectivity index (χ0) is 12.1. The van der Waals surface area contributed by atoms with E-state index in [2.05, 4.69) is 19.2 Å². The Kier molecular flexibility index (Phi) is 5.34. The van der Waals surface area contributed by atoms with Gasteiger partial charge in [-0.15, -0.1) is 0 Å². The van der Waals surface area contributed by atoms with E-state index in [1.54, 1.807) is 0 Å². The lowest BCUT2D eigenvalue weighted by Gasteiger charge is -2.33. The molecule has 0 aromatic rings. The average Bonchev–Trinajstić information content (AvgIpc) is 2.38. The van der Waals surface area contributed by atoms with Crippen molar-refractivity contribution in [1.29, 1.82) is 0 Å². The molecule has 0 aromatic carbocycles. The van der Waals surface area contributed by atoms with Gasteiger partial charge >= 0.3 is 0 Å². The minimum absolute atomic E-state index is 0.827. The first-order chi connectivity index (χ1) is 8.29. The Morgan fingerprint density at radius 1 is 0.882 bits per heavy atom. The molecule has 0 aromatic heterocycles. The molecule has 1 nitrogen and oxygen atoms in total. The lowest BCUT2D eigenvalue weighted by atomic mass is 9.80. The minimum Gasteiger partial charge on any atom is -0.313 e. The number of nitrogens with one attached hydrogen (secondary N) is 1. The van der Waals surface area contributed by atoms with E-state index in [0.717, 1.165) is 23.8 Å². The molecule has 2 aliphatic carbocycles. The fourth-order valence-corrected chi connectivity index (χ4v) is 3.78. The average molecular weight is 237 g/mol. The summed E-state index contributed by atoms with van der Waals surface area (Å²) in [5.74, 6) is 2.93. The van der Waals surface area contributed by atoms with Crippen molar-refractivity contribution in [3.8, 4) is 0 Å². The molecule has 1 heteroatoms. The monoisotopic (exact) mass is 237 g/mol. The quantitative estimate of drug-likeness (QED) is 0.765. The molecule has 2 unspecified atom stereocenters. The summed E-state index contributed by atoms with van der Waals surface area (Å²) in [5.41, 5.74) is 0. The van der Waals surface area contributed by atoms with Crippen molar-refractivity contribution < 1.29 is 0 Å². The van der Waals surface area contributed by atoms with Gasteiger partial charge in [-0.25, -0.2) is 0 Å². The van der Waals surface area contributed by atoms with Gasteiger partial charge in [0.15, 0.2) is 0 Å². The van der Waals surface area contributed by atoms with Gasteiger partial charge in [0.05, 0.1) is 0 Å². The Morgan fingerprint density at radius 2 is 1.53 bits per heavy atom. The molecule has 0 amide bonds. The van der Waals surface area contributed by atoms with Crippen LogP contribution in [0.3, 0.4) is 0 Å². The summed E-state index contributed by atoms with van der Waals surface area (Å²) < 4.78 is 0. The van der Waals surface area contributed by atoms with Gasteiger partial charge in [-0.2, -0.15) is 0 Å². The second kappa shape index (κ2) is 6.78. The zero-order valence-electron chi connectivity index (χ0n) is 11.9. The highest BCUT2D eigenvalue weighted by atomic mass is 14.9. The zero-order valence-corrected chi connectivity index (χ0v) is 11.9. The molecule has 0 radical (unpaired) electrons. The van der Waals surface area contributed by atoms with Crippen molar-refractivity contribution in [2.45, 2.75) is 77.7 Å². The van der Waals surface area contributed by atoms with E-state index >= 15 is 0 Å². The lowest BCUT2D eigenvalue weighted by Crippen LogP contribution is -2.40. The van der Waals surface area contributed by atoms with E-state index in [9.17, 15) is 0 Å². The van der Waals surface area contributed by atoms with Crippen LogP contribution < -0.4 is 5.32 Å². The highest BCUT2D eigenvalue weighted by Gasteiger charge is 2.24. The van der Waals surface area contributed by atoms with Crippen LogP contribution in [0.25, 0.3) is 0 Å². The van der Waals surface area contributed by atoms with E-state index in [0.29, 0.717) is 0 Å². The maximum atomic E-state index is 3.87. The van der Waals surface area contributed by atoms with Crippen molar-refractivity contribution in [2.75, 3.05) is 6.54 Å². The fourth-order valence-electron chi connectivity index (χ4n) is 3.78. The molecule has 100 valence electrons. The third-order valence-electron chi connectivity index (χ3n) is 5.32. The molecule has 2 aliphatic rings. The van der Waals surface area contributed by atoms with E-state index in [-0.39, 0.29) is 0 Å². The van der Waals surface area contributed by atoms with Crippen LogP contribution in [-0.4, -0.2) is 12.6 Å². The lowest BCUT2D eigenvalue weighted by molar-refractivity contribution is 0.226. The van der Waals surface area contributed by atoms with Crippen LogP contribution in [0, 0.1) is 17.8 Å². The third kappa shape index (κ3) is 3.98. The topological polar surface area (TPSA) is 12.0 Å². The summed E-state index contributed by atoms with van der Waals surface area (Å²) in [7, 11) is 0. The summed E-state index contributed by atoms with van der Waals surface area (Å²) >= 11 is 0. The molecule has 2 fully saturated rings. The minimum atomic E-state index is 0.827. The Bertz CT molecular complexity index is 206. The van der Waals surface area contributed by atoms with E-state index in [4.69, 9.17) is 0 Å². The van der Waals surface area contributed by atoms with Crippen LogP contribution in [0.15, 0.2) is 0 Å². The maximum absolute atomic E-state index is 3.87. The van der Waals surface area contributed by atoms with Crippen LogP contribution in [0.1, 0.15) is 71.6 Å². The predicted octanol–water partition coefficient (Wildman–Crippen LogP) is 4.37. The van der Waals surface area contributed by atoms with E-state index in [1.165, 1.54) is 64.3 Å². The molecule has 0 bridgehead atoms. The first-order valence-electron chi connectivity index (χ1n) is 8.03. The van der Waals surface area contributed by atoms with Crippen molar-refractivity contribution in [1.82, 2.24) is 5.32 Å². The van der Waals surface area contributed by atoms with Gasteiger partial charge in [0, 0.05) is 6.04 Å². The number of hydrogen-bond donors (Lipinski definition) is 1. The highest BCUT2D eigenvalue weighted by molar-refractivity contribution is 4.80. The number of hydrogen-bond acceptors (Lipinski definition) is 1. The van der Waals surface area contributed by atoms with Gasteiger partial charge in [0.25, 0.3) is 0 Å². The molecule has 0 aliphatic heterocycles. The largest absolute Gasteiger partial charge is 0.313 e. The Hall–Kier alpha value is -0.0400. The third-order valence-corrected chi connectivity index (χ3v) is 5.32. The molecule has 2 rings (SSSR count). The Balaban J connectivity index is 1.65. The van der Waals surface area contributed by atoms with Crippen LogP contribution >= 0.6 is 0 Å². The number of rotatable bonds is 4. The van der Waals surface area contributed by atoms with Gasteiger partial charge in [-0.1, -0.05) is 46.0 Å². The van der Waals surface area contributed by atoms with Crippen LogP contribution in [-0.2, 0) is 0 Å². The smallest absolute Gasteiger partial charge is 0.00928 e. The summed E-state index contributed by atoms with van der Waals surface area (Å²) in [4.78, 5) is 0. The molecule has 0 spiro atoms. The van der Waals surface area contributed by atoms with Gasteiger partial charge in [0.2, 0.25) is 0 Å². The Labute approximate surface area is 108 Å². The van der Waals surface area contributed by atoms with E-state index < -0.39 is 0 Å². The maximum Gasteiger partial charge on any atom is 0.00928 e. The van der Waals surface area contributed by atoms with Crippen molar-refractivity contribution in [3.63, 3.8) is 0 Å². The van der Waals surface area contributed by atoms with Gasteiger partial charge in [0.1, 0.15) is 0 Å². The van der Waals surface area contributed by atoms with Gasteiger partial charge in [-0.3, -0.25) is 0 Å². The first kappa shape index (κ1) is 13.4. The second-order valence-corrected chi connectivity index (χ2v) is 6.57. The summed E-state index contributed by atoms with van der Waals surface area (Å²) in [5, 5.41) is 3.87. The van der Waals surface area contributed by atoms with Gasteiger partial charge in [-0.05, 0) is 50.0 Å². The van der Waals surface area contributed by atoms with Crippen molar-refractivity contribution in [2.24, 2.45) is 17.8 Å². The predicted molar refractivity (Wildman–Crippen MR) is 75.2 cm³/mol. The summed E-state index contributed by atoms with van der Waals surface area (Å²) in [6.07, 6.45) is 13.1. The molecule has 2 saturated carbocycles. The molecule has 17 heavy (non-hydrogen) atoms. The van der Waals surface area contributed by atoms with Crippen molar-refractivity contribution >= 4 is 0 Å². The van der Waals surface area contributed by atoms with Gasteiger partial charge < -0.3 is 5.32 Å². The first-order valence-corrected chi connectivity index (χ1v) is 8.03. The highest BCUT2D eigenvalue weighted by Crippen LogP contribution is 2.31. The van der Waals surface area contributed by atoms with Crippen molar-refractivity contribution in [3.05, 3.63) is 0 Å². The molecule has 0 saturated heterocycles. The summed E-state index contributed by atoms with van der Waals surface area (Å²) in [6, 6.07) is 0.827. The van der Waals surface area contributed by atoms with Crippen LogP contribution in [0.5, 0.6) is 0 Å². The standard InChI is InChI=1S/C16H31N/c1-3-14-8-10-15(11-9-14)12-17-16-7-5-4-6-13(16)2/h13-17H,3-12H2,1-2H3. The molecular formula is C16H31N. The van der Waals surface area contributed by atoms with Crippen LogP contribution in [0.2, 0.25) is 0 Å². The molecule has 1 N–H and O–H groups in total.